The van der Waals surface area contributed by atoms with Crippen LogP contribution < -0.4 is 10.1 Å². The van der Waals surface area contributed by atoms with Crippen LogP contribution >= 0.6 is 27.5 Å². The molecular formula is C16H18BrClN2O. The maximum Gasteiger partial charge on any atom is 0.218 e. The normalized spacial score (nSPS) is 10.9. The number of halogens is 2. The number of nitrogens with zero attached hydrogens (tertiary/aromatic N) is 1. The van der Waals surface area contributed by atoms with Gasteiger partial charge in [-0.05, 0) is 37.6 Å². The maximum absolute atomic E-state index is 6.20. The molecule has 0 aliphatic carbocycles. The number of nitrogens with one attached hydrogen (secondary N) is 1. The van der Waals surface area contributed by atoms with Gasteiger partial charge in [0, 0.05) is 34.3 Å². The van der Waals surface area contributed by atoms with Crippen LogP contribution in [0.25, 0.3) is 0 Å². The molecule has 112 valence electrons. The Kier molecular flexibility index (Phi) is 6.03. The Morgan fingerprint density at radius 2 is 2.00 bits per heavy atom. The monoisotopic (exact) mass is 368 g/mol. The van der Waals surface area contributed by atoms with Gasteiger partial charge in [0.05, 0.1) is 6.10 Å². The summed E-state index contributed by atoms with van der Waals surface area (Å²) in [7, 11) is 0. The van der Waals surface area contributed by atoms with Crippen LogP contribution in [0.3, 0.4) is 0 Å². The van der Waals surface area contributed by atoms with E-state index >= 15 is 0 Å². The number of aromatic nitrogens is 1. The molecule has 1 N–H and O–H groups in total. The molecular weight excluding hydrogens is 352 g/mol. The lowest BCUT2D eigenvalue weighted by atomic mass is 10.2. The molecule has 2 aromatic rings. The average Bonchev–Trinajstić information content (AvgIpc) is 2.42. The standard InChI is InChI=1S/C16H18BrClN2O/c1-11(2)21-16-13(4-3-7-20-16)10-19-9-12-5-6-14(17)8-15(12)18/h3-8,11,19H,9-10H2,1-2H3. The molecule has 5 heteroatoms. The van der Waals surface area contributed by atoms with Gasteiger partial charge in [-0.3, -0.25) is 0 Å². The number of rotatable bonds is 6. The Hall–Kier alpha value is -1.10. The van der Waals surface area contributed by atoms with Crippen LogP contribution in [0.4, 0.5) is 0 Å². The van der Waals surface area contributed by atoms with Gasteiger partial charge in [0.15, 0.2) is 0 Å². The van der Waals surface area contributed by atoms with Gasteiger partial charge in [0.2, 0.25) is 5.88 Å². The predicted octanol–water partition coefficient (Wildman–Crippen LogP) is 4.57. The molecule has 0 radical (unpaired) electrons. The Morgan fingerprint density at radius 3 is 2.71 bits per heavy atom. The summed E-state index contributed by atoms with van der Waals surface area (Å²) in [4.78, 5) is 4.28. The maximum atomic E-state index is 6.20. The summed E-state index contributed by atoms with van der Waals surface area (Å²) in [6, 6.07) is 9.82. The topological polar surface area (TPSA) is 34.1 Å². The highest BCUT2D eigenvalue weighted by Gasteiger charge is 2.07. The lowest BCUT2D eigenvalue weighted by molar-refractivity contribution is 0.229. The first-order valence-corrected chi connectivity index (χ1v) is 7.98. The van der Waals surface area contributed by atoms with Crippen LogP contribution in [-0.4, -0.2) is 11.1 Å². The largest absolute Gasteiger partial charge is 0.475 e. The van der Waals surface area contributed by atoms with Gasteiger partial charge >= 0.3 is 0 Å². The minimum absolute atomic E-state index is 0.111. The smallest absolute Gasteiger partial charge is 0.218 e. The van der Waals surface area contributed by atoms with E-state index in [0.29, 0.717) is 19.0 Å². The molecule has 3 nitrogen and oxygen atoms in total. The Bertz CT molecular complexity index is 605. The van der Waals surface area contributed by atoms with Crippen LogP contribution in [0.2, 0.25) is 5.02 Å². The highest BCUT2D eigenvalue weighted by molar-refractivity contribution is 9.10. The van der Waals surface area contributed by atoms with E-state index in [-0.39, 0.29) is 6.10 Å². The van der Waals surface area contributed by atoms with E-state index < -0.39 is 0 Å². The van der Waals surface area contributed by atoms with Gasteiger partial charge in [-0.25, -0.2) is 4.98 Å². The second kappa shape index (κ2) is 7.78. The zero-order valence-electron chi connectivity index (χ0n) is 12.1. The van der Waals surface area contributed by atoms with Crippen molar-refractivity contribution >= 4 is 27.5 Å². The minimum Gasteiger partial charge on any atom is -0.475 e. The second-order valence-corrected chi connectivity index (χ2v) is 6.30. The number of pyridine rings is 1. The summed E-state index contributed by atoms with van der Waals surface area (Å²) < 4.78 is 6.69. The molecule has 21 heavy (non-hydrogen) atoms. The molecule has 1 aromatic carbocycles. The quantitative estimate of drug-likeness (QED) is 0.809. The van der Waals surface area contributed by atoms with E-state index in [2.05, 4.69) is 26.2 Å². The highest BCUT2D eigenvalue weighted by atomic mass is 79.9. The summed E-state index contributed by atoms with van der Waals surface area (Å²) in [5, 5.41) is 4.12. The number of hydrogen-bond acceptors (Lipinski definition) is 3. The second-order valence-electron chi connectivity index (χ2n) is 4.97. The molecule has 0 bridgehead atoms. The lowest BCUT2D eigenvalue weighted by Crippen LogP contribution is -2.16. The molecule has 0 unspecified atom stereocenters. The van der Waals surface area contributed by atoms with Crippen molar-refractivity contribution in [3.63, 3.8) is 0 Å². The first kappa shape index (κ1) is 16.3. The summed E-state index contributed by atoms with van der Waals surface area (Å²) >= 11 is 9.61. The van der Waals surface area contributed by atoms with E-state index in [1.165, 1.54) is 0 Å². The lowest BCUT2D eigenvalue weighted by Gasteiger charge is -2.13. The van der Waals surface area contributed by atoms with Gasteiger partial charge in [0.25, 0.3) is 0 Å². The third kappa shape index (κ3) is 4.99. The summed E-state index contributed by atoms with van der Waals surface area (Å²) in [5.74, 6) is 0.682. The molecule has 0 aliphatic rings. The van der Waals surface area contributed by atoms with E-state index in [9.17, 15) is 0 Å². The first-order chi connectivity index (χ1) is 10.1. The molecule has 0 fully saturated rings. The number of benzene rings is 1. The summed E-state index contributed by atoms with van der Waals surface area (Å²) in [6.45, 7) is 5.37. The van der Waals surface area contributed by atoms with Crippen molar-refractivity contribution in [3.05, 3.63) is 57.2 Å². The van der Waals surface area contributed by atoms with E-state index in [0.717, 1.165) is 20.6 Å². The molecule has 0 saturated carbocycles. The van der Waals surface area contributed by atoms with Crippen molar-refractivity contribution in [2.75, 3.05) is 0 Å². The van der Waals surface area contributed by atoms with E-state index in [1.807, 2.05) is 44.2 Å². The van der Waals surface area contributed by atoms with Crippen molar-refractivity contribution in [1.82, 2.24) is 10.3 Å². The van der Waals surface area contributed by atoms with Crippen molar-refractivity contribution < 1.29 is 4.74 Å². The van der Waals surface area contributed by atoms with E-state index in [4.69, 9.17) is 16.3 Å². The average molecular weight is 370 g/mol. The van der Waals surface area contributed by atoms with Gasteiger partial charge < -0.3 is 10.1 Å². The zero-order chi connectivity index (χ0) is 15.2. The van der Waals surface area contributed by atoms with Crippen LogP contribution in [0, 0.1) is 0 Å². The molecule has 1 aromatic heterocycles. The predicted molar refractivity (Wildman–Crippen MR) is 89.7 cm³/mol. The minimum atomic E-state index is 0.111. The summed E-state index contributed by atoms with van der Waals surface area (Å²) in [6.07, 6.45) is 1.85. The number of ether oxygens (including phenoxy) is 1. The molecule has 0 amide bonds. The van der Waals surface area contributed by atoms with Crippen molar-refractivity contribution in [2.24, 2.45) is 0 Å². The van der Waals surface area contributed by atoms with Crippen LogP contribution in [-0.2, 0) is 13.1 Å². The molecule has 2 rings (SSSR count). The Balaban J connectivity index is 1.97. The van der Waals surface area contributed by atoms with Crippen molar-refractivity contribution in [1.29, 1.82) is 0 Å². The molecule has 0 spiro atoms. The summed E-state index contributed by atoms with van der Waals surface area (Å²) in [5.41, 5.74) is 2.11. The third-order valence-electron chi connectivity index (χ3n) is 2.84. The van der Waals surface area contributed by atoms with Gasteiger partial charge in [-0.1, -0.05) is 39.7 Å². The van der Waals surface area contributed by atoms with Crippen LogP contribution in [0.1, 0.15) is 25.0 Å². The fourth-order valence-electron chi connectivity index (χ4n) is 1.88. The van der Waals surface area contributed by atoms with Gasteiger partial charge in [-0.2, -0.15) is 0 Å². The molecule has 1 heterocycles. The number of hydrogen-bond donors (Lipinski definition) is 1. The fourth-order valence-corrected chi connectivity index (χ4v) is 2.63. The third-order valence-corrected chi connectivity index (χ3v) is 3.69. The van der Waals surface area contributed by atoms with Crippen molar-refractivity contribution in [2.45, 2.75) is 33.0 Å². The SMILES string of the molecule is CC(C)Oc1ncccc1CNCc1ccc(Br)cc1Cl. The zero-order valence-corrected chi connectivity index (χ0v) is 14.4. The fraction of sp³-hybridized carbons (Fsp3) is 0.312. The Labute approximate surface area is 138 Å². The molecule has 0 saturated heterocycles. The molecule has 0 aliphatic heterocycles. The first-order valence-electron chi connectivity index (χ1n) is 6.81. The highest BCUT2D eigenvalue weighted by Crippen LogP contribution is 2.21. The van der Waals surface area contributed by atoms with Crippen LogP contribution in [0.5, 0.6) is 5.88 Å². The van der Waals surface area contributed by atoms with Gasteiger partial charge in [0.1, 0.15) is 0 Å². The Morgan fingerprint density at radius 1 is 1.24 bits per heavy atom. The van der Waals surface area contributed by atoms with Crippen LogP contribution in [0.15, 0.2) is 41.0 Å². The van der Waals surface area contributed by atoms with E-state index in [1.54, 1.807) is 6.20 Å². The van der Waals surface area contributed by atoms with Crippen molar-refractivity contribution in [3.8, 4) is 5.88 Å². The van der Waals surface area contributed by atoms with Gasteiger partial charge in [-0.15, -0.1) is 0 Å². The molecule has 0 atom stereocenters.